The summed E-state index contributed by atoms with van der Waals surface area (Å²) in [5.41, 5.74) is 2.37. The third-order valence-electron chi connectivity index (χ3n) is 4.45. The molecule has 0 radical (unpaired) electrons. The standard InChI is InChI=1S/C20H32N6.HI/c1-6-21-20(25(5)16-18-10-9-13-24(18)4)23-15-17-11-12-19(22-14-17)26(7-2)8-3;/h9-14H,6-8,15-16H2,1-5H3,(H,21,23);1H. The second-order valence-electron chi connectivity index (χ2n) is 6.33. The van der Waals surface area contributed by atoms with Crippen molar-refractivity contribution in [3.05, 3.63) is 47.9 Å². The second-order valence-corrected chi connectivity index (χ2v) is 6.33. The third-order valence-corrected chi connectivity index (χ3v) is 4.45. The first-order valence-corrected chi connectivity index (χ1v) is 9.38. The molecule has 6 nitrogen and oxygen atoms in total. The van der Waals surface area contributed by atoms with E-state index in [9.17, 15) is 0 Å². The first-order valence-electron chi connectivity index (χ1n) is 9.38. The van der Waals surface area contributed by atoms with Crippen LogP contribution in [0.5, 0.6) is 0 Å². The molecule has 2 aromatic heterocycles. The molecule has 7 heteroatoms. The van der Waals surface area contributed by atoms with E-state index in [1.807, 2.05) is 6.20 Å². The number of anilines is 1. The zero-order valence-electron chi connectivity index (χ0n) is 17.1. The van der Waals surface area contributed by atoms with Gasteiger partial charge in [-0.25, -0.2) is 9.98 Å². The van der Waals surface area contributed by atoms with Crippen LogP contribution in [0.25, 0.3) is 0 Å². The fourth-order valence-electron chi connectivity index (χ4n) is 2.86. The zero-order valence-corrected chi connectivity index (χ0v) is 19.5. The number of halogens is 1. The Labute approximate surface area is 180 Å². The predicted molar refractivity (Wildman–Crippen MR) is 125 cm³/mol. The first kappa shape index (κ1) is 23.3. The van der Waals surface area contributed by atoms with Gasteiger partial charge < -0.3 is 19.7 Å². The first-order chi connectivity index (χ1) is 12.6. The van der Waals surface area contributed by atoms with Gasteiger partial charge >= 0.3 is 0 Å². The van der Waals surface area contributed by atoms with Crippen molar-refractivity contribution < 1.29 is 0 Å². The molecule has 27 heavy (non-hydrogen) atoms. The summed E-state index contributed by atoms with van der Waals surface area (Å²) < 4.78 is 2.13. The number of guanidine groups is 1. The Hall–Kier alpha value is -1.77. The summed E-state index contributed by atoms with van der Waals surface area (Å²) in [6.07, 6.45) is 3.99. The Kier molecular flexibility index (Phi) is 10.2. The van der Waals surface area contributed by atoms with Gasteiger partial charge in [0, 0.05) is 51.8 Å². The van der Waals surface area contributed by atoms with Gasteiger partial charge in [-0.3, -0.25) is 0 Å². The molecule has 0 bridgehead atoms. The van der Waals surface area contributed by atoms with Crippen LogP contribution in [0.1, 0.15) is 32.0 Å². The van der Waals surface area contributed by atoms with Crippen molar-refractivity contribution in [3.8, 4) is 0 Å². The van der Waals surface area contributed by atoms with Crippen molar-refractivity contribution in [1.29, 1.82) is 0 Å². The molecule has 0 fully saturated rings. The molecule has 2 heterocycles. The zero-order chi connectivity index (χ0) is 18.9. The quantitative estimate of drug-likeness (QED) is 0.354. The van der Waals surface area contributed by atoms with E-state index < -0.39 is 0 Å². The summed E-state index contributed by atoms with van der Waals surface area (Å²) in [6, 6.07) is 8.40. The predicted octanol–water partition coefficient (Wildman–Crippen LogP) is 3.48. The normalized spacial score (nSPS) is 11.1. The molecular weight excluding hydrogens is 451 g/mol. The summed E-state index contributed by atoms with van der Waals surface area (Å²) in [5.74, 6) is 1.93. The number of nitrogens with zero attached hydrogens (tertiary/aromatic N) is 5. The van der Waals surface area contributed by atoms with Gasteiger partial charge in [0.15, 0.2) is 5.96 Å². The second kappa shape index (κ2) is 11.8. The highest BCUT2D eigenvalue weighted by Gasteiger charge is 2.08. The van der Waals surface area contributed by atoms with Crippen LogP contribution in [-0.4, -0.2) is 47.1 Å². The highest BCUT2D eigenvalue weighted by Crippen LogP contribution is 2.12. The minimum atomic E-state index is 0. The third kappa shape index (κ3) is 6.71. The van der Waals surface area contributed by atoms with Crippen molar-refractivity contribution in [2.24, 2.45) is 12.0 Å². The molecule has 0 unspecified atom stereocenters. The molecule has 2 rings (SSSR count). The monoisotopic (exact) mass is 484 g/mol. The van der Waals surface area contributed by atoms with Gasteiger partial charge in [-0.05, 0) is 44.5 Å². The largest absolute Gasteiger partial charge is 0.357 e. The van der Waals surface area contributed by atoms with E-state index in [4.69, 9.17) is 4.99 Å². The van der Waals surface area contributed by atoms with Crippen LogP contribution >= 0.6 is 24.0 Å². The maximum absolute atomic E-state index is 4.78. The van der Waals surface area contributed by atoms with Crippen LogP contribution in [0, 0.1) is 0 Å². The maximum Gasteiger partial charge on any atom is 0.194 e. The Morgan fingerprint density at radius 3 is 2.44 bits per heavy atom. The summed E-state index contributed by atoms with van der Waals surface area (Å²) >= 11 is 0. The molecule has 150 valence electrons. The Morgan fingerprint density at radius 2 is 1.93 bits per heavy atom. The summed E-state index contributed by atoms with van der Waals surface area (Å²) in [5, 5.41) is 3.37. The van der Waals surface area contributed by atoms with Gasteiger partial charge in [0.2, 0.25) is 0 Å². The minimum absolute atomic E-state index is 0. The summed E-state index contributed by atoms with van der Waals surface area (Å²) in [7, 11) is 4.13. The molecule has 0 aliphatic carbocycles. The van der Waals surface area contributed by atoms with Crippen molar-refractivity contribution in [1.82, 2.24) is 19.8 Å². The van der Waals surface area contributed by atoms with Crippen molar-refractivity contribution >= 4 is 35.8 Å². The lowest BCUT2D eigenvalue weighted by Gasteiger charge is -2.22. The van der Waals surface area contributed by atoms with Gasteiger partial charge in [-0.2, -0.15) is 0 Å². The van der Waals surface area contributed by atoms with Crippen LogP contribution in [-0.2, 0) is 20.1 Å². The number of pyridine rings is 1. The van der Waals surface area contributed by atoms with Crippen molar-refractivity contribution in [3.63, 3.8) is 0 Å². The highest BCUT2D eigenvalue weighted by molar-refractivity contribution is 14.0. The number of rotatable bonds is 8. The van der Waals surface area contributed by atoms with E-state index in [2.05, 4.69) is 90.0 Å². The van der Waals surface area contributed by atoms with E-state index in [1.54, 1.807) is 0 Å². The molecule has 0 atom stereocenters. The van der Waals surface area contributed by atoms with E-state index >= 15 is 0 Å². The SMILES string of the molecule is CCNC(=NCc1ccc(N(CC)CC)nc1)N(C)Cc1cccn1C.I. The van der Waals surface area contributed by atoms with Crippen LogP contribution in [0.2, 0.25) is 0 Å². The van der Waals surface area contributed by atoms with Crippen LogP contribution < -0.4 is 10.2 Å². The maximum atomic E-state index is 4.78. The number of aryl methyl sites for hydroxylation is 1. The molecule has 0 amide bonds. The molecule has 1 N–H and O–H groups in total. The van der Waals surface area contributed by atoms with Crippen LogP contribution in [0.4, 0.5) is 5.82 Å². The Balaban J connectivity index is 0.00000364. The van der Waals surface area contributed by atoms with E-state index in [1.165, 1.54) is 5.69 Å². The topological polar surface area (TPSA) is 48.7 Å². The number of hydrogen-bond acceptors (Lipinski definition) is 3. The van der Waals surface area contributed by atoms with Crippen molar-refractivity contribution in [2.45, 2.75) is 33.9 Å². The fraction of sp³-hybridized carbons (Fsp3) is 0.500. The Morgan fingerprint density at radius 1 is 1.19 bits per heavy atom. The van der Waals surface area contributed by atoms with E-state index in [-0.39, 0.29) is 24.0 Å². The van der Waals surface area contributed by atoms with Gasteiger partial charge in [-0.15, -0.1) is 24.0 Å². The molecule has 0 aromatic carbocycles. The average Bonchev–Trinajstić information content (AvgIpc) is 3.05. The molecule has 0 spiro atoms. The van der Waals surface area contributed by atoms with Crippen LogP contribution in [0.3, 0.4) is 0 Å². The average molecular weight is 484 g/mol. The van der Waals surface area contributed by atoms with E-state index in [0.29, 0.717) is 6.54 Å². The Bertz CT molecular complexity index is 691. The molecule has 0 aliphatic rings. The fourth-order valence-corrected chi connectivity index (χ4v) is 2.86. The van der Waals surface area contributed by atoms with Gasteiger partial charge in [-0.1, -0.05) is 6.07 Å². The molecule has 0 saturated carbocycles. The number of nitrogens with one attached hydrogen (secondary N) is 1. The minimum Gasteiger partial charge on any atom is -0.357 e. The highest BCUT2D eigenvalue weighted by atomic mass is 127. The number of aromatic nitrogens is 2. The molecule has 2 aromatic rings. The molecular formula is C20H33IN6. The van der Waals surface area contributed by atoms with Gasteiger partial charge in [0.05, 0.1) is 13.1 Å². The van der Waals surface area contributed by atoms with Crippen LogP contribution in [0.15, 0.2) is 41.7 Å². The summed E-state index contributed by atoms with van der Waals surface area (Å²) in [4.78, 5) is 13.7. The lowest BCUT2D eigenvalue weighted by molar-refractivity contribution is 0.462. The number of aliphatic imine (C=N–C) groups is 1. The van der Waals surface area contributed by atoms with Gasteiger partial charge in [0.1, 0.15) is 5.82 Å². The summed E-state index contributed by atoms with van der Waals surface area (Å²) in [6.45, 7) is 10.6. The smallest absolute Gasteiger partial charge is 0.194 e. The lowest BCUT2D eigenvalue weighted by atomic mass is 10.3. The van der Waals surface area contributed by atoms with Crippen molar-refractivity contribution in [2.75, 3.05) is 31.6 Å². The number of hydrogen-bond donors (Lipinski definition) is 1. The molecule has 0 saturated heterocycles. The van der Waals surface area contributed by atoms with Gasteiger partial charge in [0.25, 0.3) is 0 Å². The molecule has 0 aliphatic heterocycles. The lowest BCUT2D eigenvalue weighted by Crippen LogP contribution is -2.38. The van der Waals surface area contributed by atoms with E-state index in [0.717, 1.165) is 43.5 Å².